The fourth-order valence-corrected chi connectivity index (χ4v) is 13.6. The van der Waals surface area contributed by atoms with Crippen molar-refractivity contribution in [2.45, 2.75) is 210 Å². The summed E-state index contributed by atoms with van der Waals surface area (Å²) in [6, 6.07) is 0. The van der Waals surface area contributed by atoms with Crippen LogP contribution in [0.5, 0.6) is 0 Å². The predicted octanol–water partition coefficient (Wildman–Crippen LogP) is 0.0927. The topological polar surface area (TPSA) is 284 Å². The Balaban J connectivity index is 1.16. The van der Waals surface area contributed by atoms with Gasteiger partial charge in [0.1, 0.15) is 61.0 Å². The molecule has 10 N–H and O–H groups in total. The van der Waals surface area contributed by atoms with Gasteiger partial charge in [0.2, 0.25) is 0 Å². The molecule has 0 radical (unpaired) electrons. The zero-order valence-corrected chi connectivity index (χ0v) is 38.5. The highest BCUT2D eigenvalue weighted by Gasteiger charge is 2.67. The molecule has 0 spiro atoms. The lowest BCUT2D eigenvalue weighted by molar-refractivity contribution is -0.339. The van der Waals surface area contributed by atoms with Crippen molar-refractivity contribution in [3.8, 4) is 0 Å². The third kappa shape index (κ3) is 9.32. The summed E-state index contributed by atoms with van der Waals surface area (Å²) in [4.78, 5) is 12.0. The number of rotatable bonds is 14. The zero-order valence-electron chi connectivity index (χ0n) is 38.5. The molecular weight excluding hydrogens is 840 g/mol. The quantitative estimate of drug-likeness (QED) is 0.103. The summed E-state index contributed by atoms with van der Waals surface area (Å²) in [5, 5.41) is 110. The number of ether oxygens (including phenoxy) is 7. The van der Waals surface area contributed by atoms with Crippen LogP contribution in [-0.4, -0.2) is 181 Å². The molecule has 0 unspecified atom stereocenters. The molecule has 370 valence electrons. The number of aliphatic hydroxyl groups is 10. The summed E-state index contributed by atoms with van der Waals surface area (Å²) >= 11 is 0. The molecule has 18 heteroatoms. The Morgan fingerprint density at radius 1 is 0.797 bits per heavy atom. The molecule has 0 aromatic heterocycles. The van der Waals surface area contributed by atoms with Gasteiger partial charge in [-0.15, -0.1) is 0 Å². The number of carbonyl (C=O) groups excluding carboxylic acids is 1. The third-order valence-corrected chi connectivity index (χ3v) is 17.4. The number of esters is 1. The van der Waals surface area contributed by atoms with Crippen molar-refractivity contribution in [2.75, 3.05) is 19.8 Å². The van der Waals surface area contributed by atoms with Crippen molar-refractivity contribution in [1.29, 1.82) is 0 Å². The lowest BCUT2D eigenvalue weighted by Gasteiger charge is -2.63. The Bertz CT molecular complexity index is 1570. The first-order valence-electron chi connectivity index (χ1n) is 23.9. The first-order chi connectivity index (χ1) is 30.0. The van der Waals surface area contributed by atoms with Gasteiger partial charge >= 0.3 is 5.97 Å². The molecule has 0 aromatic carbocycles. The summed E-state index contributed by atoms with van der Waals surface area (Å²) in [6.45, 7) is 11.9. The Hall–Kier alpha value is -1.17. The molecule has 0 aromatic rings. The van der Waals surface area contributed by atoms with Gasteiger partial charge in [-0.1, -0.05) is 34.6 Å². The molecule has 64 heavy (non-hydrogen) atoms. The van der Waals surface area contributed by atoms with Gasteiger partial charge < -0.3 is 84.2 Å². The van der Waals surface area contributed by atoms with Crippen LogP contribution in [0.25, 0.3) is 0 Å². The van der Waals surface area contributed by atoms with Gasteiger partial charge in [-0.3, -0.25) is 4.79 Å². The Morgan fingerprint density at radius 3 is 2.14 bits per heavy atom. The average Bonchev–Trinajstić information content (AvgIpc) is 3.71. The monoisotopic (exact) mass is 919 g/mol. The van der Waals surface area contributed by atoms with E-state index >= 15 is 0 Å². The highest BCUT2D eigenvalue weighted by Crippen LogP contribution is 2.69. The van der Waals surface area contributed by atoms with Crippen molar-refractivity contribution in [3.63, 3.8) is 0 Å². The highest BCUT2D eigenvalue weighted by atomic mass is 16.7. The van der Waals surface area contributed by atoms with Crippen molar-refractivity contribution in [2.24, 2.45) is 52.3 Å². The molecule has 18 nitrogen and oxygen atoms in total. The molecule has 7 rings (SSSR count). The maximum atomic E-state index is 12.0. The summed E-state index contributed by atoms with van der Waals surface area (Å²) in [5.41, 5.74) is -2.83. The van der Waals surface area contributed by atoms with Crippen molar-refractivity contribution in [3.05, 3.63) is 0 Å². The van der Waals surface area contributed by atoms with Crippen LogP contribution in [0.3, 0.4) is 0 Å². The minimum Gasteiger partial charge on any atom is -0.463 e. The van der Waals surface area contributed by atoms with Crippen molar-refractivity contribution >= 4 is 5.97 Å². The van der Waals surface area contributed by atoms with E-state index in [-0.39, 0.29) is 40.9 Å². The van der Waals surface area contributed by atoms with Gasteiger partial charge in [0.25, 0.3) is 0 Å². The van der Waals surface area contributed by atoms with Crippen LogP contribution in [0.15, 0.2) is 0 Å². The van der Waals surface area contributed by atoms with Crippen LogP contribution >= 0.6 is 0 Å². The van der Waals surface area contributed by atoms with E-state index in [1.54, 1.807) is 6.92 Å². The first-order valence-corrected chi connectivity index (χ1v) is 23.9. The van der Waals surface area contributed by atoms with E-state index in [0.29, 0.717) is 31.6 Å². The van der Waals surface area contributed by atoms with E-state index in [9.17, 15) is 55.9 Å². The SMILES string of the molecule is CC(=O)OC[C@H]1O[C@@H](O[C@H]2C[C@H]3[C@@H]4CC[C@H]5C[C@@H](O)C[C@@H](O[C@@H]6O[C@@H](C)[C@H](O)[C@@H](O)[C@H]6O)[C@]5(C)[C@H]4CC[C@]3(C)[C@H]2[C@H](C)[C@@H](O)CCC(C)C)[C@H](O)[C@@H](O)[C@@H]1O[C@@H]1OC[C@](O)(CO)[C@H]1O. The van der Waals surface area contributed by atoms with Crippen LogP contribution in [0.2, 0.25) is 0 Å². The molecule has 4 aliphatic carbocycles. The summed E-state index contributed by atoms with van der Waals surface area (Å²) < 4.78 is 42.4. The zero-order chi connectivity index (χ0) is 46.8. The molecule has 3 saturated heterocycles. The summed E-state index contributed by atoms with van der Waals surface area (Å²) in [6.07, 6.45) is -13.2. The van der Waals surface area contributed by atoms with Gasteiger partial charge in [-0.05, 0) is 111 Å². The van der Waals surface area contributed by atoms with Gasteiger partial charge in [-0.25, -0.2) is 0 Å². The van der Waals surface area contributed by atoms with E-state index in [1.165, 1.54) is 6.92 Å². The predicted molar refractivity (Wildman–Crippen MR) is 223 cm³/mol. The summed E-state index contributed by atoms with van der Waals surface area (Å²) in [7, 11) is 0. The minimum atomic E-state index is -2.03. The second-order valence-electron chi connectivity index (χ2n) is 21.6. The molecule has 3 aliphatic heterocycles. The average molecular weight is 919 g/mol. The largest absolute Gasteiger partial charge is 0.463 e. The Labute approximate surface area is 376 Å². The molecule has 7 aliphatic rings. The standard InChI is InChI=1S/C46H78O18/c1-20(2)8-11-29(50)21(3)33-30(61-42-38(55)36(53)39(31(62-42)17-58-23(5)48)64-43-40(56)46(57,18-47)19-59-43)16-28-26-10-9-24-14-25(49)15-32(45(24,7)27(26)12-13-44(28,33)6)63-41-37(54)35(52)34(51)22(4)60-41/h20-22,24-43,47,49-57H,8-19H2,1-7H3/t21-,22+,24+,25-,26-,27+,28+,29+,30+,31-,32-,33+,34+,35-,36-,37-,38-,39-,40+,41+,42-,43+,44+,45+,46-/m1/s1. The highest BCUT2D eigenvalue weighted by molar-refractivity contribution is 5.65. The number of carbonyl (C=O) groups is 1. The Morgan fingerprint density at radius 2 is 1.48 bits per heavy atom. The smallest absolute Gasteiger partial charge is 0.302 e. The van der Waals surface area contributed by atoms with Crippen molar-refractivity contribution in [1.82, 2.24) is 0 Å². The second-order valence-corrected chi connectivity index (χ2v) is 21.6. The van der Waals surface area contributed by atoms with Gasteiger partial charge in [0.05, 0.1) is 43.7 Å². The van der Waals surface area contributed by atoms with E-state index < -0.39 is 135 Å². The molecular formula is C46H78O18. The van der Waals surface area contributed by atoms with E-state index in [0.717, 1.165) is 32.1 Å². The molecule has 4 saturated carbocycles. The molecule has 25 atom stereocenters. The number of hydrogen-bond acceptors (Lipinski definition) is 18. The maximum absolute atomic E-state index is 12.0. The maximum Gasteiger partial charge on any atom is 0.302 e. The number of fused-ring (bicyclic) bond motifs is 5. The van der Waals surface area contributed by atoms with Crippen LogP contribution in [-0.2, 0) is 38.0 Å². The molecule has 3 heterocycles. The molecule has 0 bridgehead atoms. The van der Waals surface area contributed by atoms with Crippen LogP contribution < -0.4 is 0 Å². The lowest BCUT2D eigenvalue weighted by Crippen LogP contribution is -2.63. The summed E-state index contributed by atoms with van der Waals surface area (Å²) in [5.74, 6) is -0.282. The second kappa shape index (κ2) is 19.7. The van der Waals surface area contributed by atoms with Gasteiger partial charge in [0, 0.05) is 13.3 Å². The number of hydrogen-bond donors (Lipinski definition) is 10. The fraction of sp³-hybridized carbons (Fsp3) is 0.978. The van der Waals surface area contributed by atoms with E-state index in [4.69, 9.17) is 33.2 Å². The number of aliphatic hydroxyl groups excluding tert-OH is 9. The normalized spacial score (nSPS) is 51.5. The van der Waals surface area contributed by atoms with E-state index in [2.05, 4.69) is 34.6 Å². The van der Waals surface area contributed by atoms with Crippen molar-refractivity contribution < 1.29 is 89.0 Å². The van der Waals surface area contributed by atoms with Crippen LogP contribution in [0.4, 0.5) is 0 Å². The van der Waals surface area contributed by atoms with Gasteiger partial charge in [0.15, 0.2) is 18.9 Å². The first kappa shape index (κ1) is 50.7. The Kier molecular flexibility index (Phi) is 15.6. The van der Waals surface area contributed by atoms with Crippen LogP contribution in [0, 0.1) is 52.3 Å². The molecule has 0 amide bonds. The lowest BCUT2D eigenvalue weighted by atomic mass is 9.43. The van der Waals surface area contributed by atoms with Gasteiger partial charge in [-0.2, -0.15) is 0 Å². The fourth-order valence-electron chi connectivity index (χ4n) is 13.6. The molecule has 7 fully saturated rings. The minimum absolute atomic E-state index is 0.0737. The van der Waals surface area contributed by atoms with Crippen LogP contribution in [0.1, 0.15) is 106 Å². The third-order valence-electron chi connectivity index (χ3n) is 17.4. The van der Waals surface area contributed by atoms with E-state index in [1.807, 2.05) is 0 Å².